The Hall–Kier alpha value is -3.79. The Bertz CT molecular complexity index is 1520. The van der Waals surface area contributed by atoms with Gasteiger partial charge in [0.05, 0.1) is 27.5 Å². The Kier molecular flexibility index (Phi) is 6.44. The molecule has 0 saturated heterocycles. The second-order valence-corrected chi connectivity index (χ2v) is 9.47. The van der Waals surface area contributed by atoms with E-state index in [2.05, 4.69) is 26.6 Å². The van der Waals surface area contributed by atoms with E-state index in [1.54, 1.807) is 48.5 Å². The normalized spacial score (nSPS) is 12.4. The van der Waals surface area contributed by atoms with Gasteiger partial charge in [-0.05, 0) is 66.8 Å². The maximum atomic E-state index is 12.7. The zero-order valence-electron chi connectivity index (χ0n) is 18.2. The molecule has 0 radical (unpaired) electrons. The largest absolute Gasteiger partial charge is 0.451 e. The van der Waals surface area contributed by atoms with Crippen molar-refractivity contribution in [3.05, 3.63) is 105 Å². The summed E-state index contributed by atoms with van der Waals surface area (Å²) in [6, 6.07) is 22.0. The molecule has 1 aliphatic heterocycles. The highest BCUT2D eigenvalue weighted by Crippen LogP contribution is 2.33. The van der Waals surface area contributed by atoms with Gasteiger partial charge in [-0.2, -0.15) is 0 Å². The summed E-state index contributed by atoms with van der Waals surface area (Å²) in [6.45, 7) is 0. The van der Waals surface area contributed by atoms with E-state index in [9.17, 15) is 14.4 Å². The topological polar surface area (TPSA) is 91.7 Å². The number of anilines is 2. The maximum absolute atomic E-state index is 12.7. The van der Waals surface area contributed by atoms with Crippen molar-refractivity contribution in [3.63, 3.8) is 0 Å². The van der Waals surface area contributed by atoms with Crippen LogP contribution in [0.15, 0.2) is 87.8 Å². The highest BCUT2D eigenvalue weighted by atomic mass is 79.9. The van der Waals surface area contributed by atoms with Gasteiger partial charge in [0.1, 0.15) is 5.76 Å². The first-order valence-electron chi connectivity index (χ1n) is 10.6. The molecular formula is C26H15BrClN3O4S. The van der Waals surface area contributed by atoms with Crippen molar-refractivity contribution in [2.75, 3.05) is 10.2 Å². The molecule has 3 aromatic carbocycles. The van der Waals surface area contributed by atoms with E-state index in [-0.39, 0.29) is 15.9 Å². The molecule has 5 rings (SSSR count). The van der Waals surface area contributed by atoms with Crippen molar-refractivity contribution < 1.29 is 18.8 Å². The lowest BCUT2D eigenvalue weighted by Gasteiger charge is -2.16. The van der Waals surface area contributed by atoms with E-state index < -0.39 is 17.7 Å². The number of rotatable bonds is 4. The van der Waals surface area contributed by atoms with E-state index >= 15 is 0 Å². The third-order valence-corrected chi connectivity index (χ3v) is 6.48. The van der Waals surface area contributed by atoms with Crippen LogP contribution in [0.4, 0.5) is 11.4 Å². The molecule has 0 fully saturated rings. The first-order valence-corrected chi connectivity index (χ1v) is 12.2. The van der Waals surface area contributed by atoms with Crippen LogP contribution in [0.3, 0.4) is 0 Å². The molecule has 2 heterocycles. The van der Waals surface area contributed by atoms with Gasteiger partial charge in [-0.1, -0.05) is 51.8 Å². The van der Waals surface area contributed by atoms with E-state index in [4.69, 9.17) is 28.2 Å². The lowest BCUT2D eigenvalue weighted by Crippen LogP contribution is -2.34. The molecule has 0 unspecified atom stereocenters. The van der Waals surface area contributed by atoms with Crippen LogP contribution in [0.5, 0.6) is 0 Å². The number of furan rings is 1. The van der Waals surface area contributed by atoms with E-state index in [1.165, 1.54) is 6.07 Å². The number of amides is 3. The van der Waals surface area contributed by atoms with Crippen molar-refractivity contribution in [1.82, 2.24) is 5.32 Å². The molecular weight excluding hydrogens is 566 g/mol. The molecule has 36 heavy (non-hydrogen) atoms. The van der Waals surface area contributed by atoms with Gasteiger partial charge in [0, 0.05) is 10.0 Å². The standard InChI is InChI=1S/C26H15BrClN3O4S/c27-15-7-5-14(6-8-15)21-11-12-22(35-21)23(32)30-26(36)29-20-10-9-16(13-19(20)28)31-24(33)17-3-1-2-4-18(17)25(31)34/h1-13H,(H2,29,30,32,36). The van der Waals surface area contributed by atoms with Crippen LogP contribution in [0.1, 0.15) is 31.3 Å². The minimum atomic E-state index is -0.533. The molecule has 0 bridgehead atoms. The third kappa shape index (κ3) is 4.56. The number of imide groups is 1. The molecule has 3 amide bonds. The third-order valence-electron chi connectivity index (χ3n) is 5.44. The predicted octanol–water partition coefficient (Wildman–Crippen LogP) is 6.29. The van der Waals surface area contributed by atoms with E-state index in [0.717, 1.165) is 14.9 Å². The van der Waals surface area contributed by atoms with Gasteiger partial charge in [0.25, 0.3) is 17.7 Å². The molecule has 0 saturated carbocycles. The van der Waals surface area contributed by atoms with Crippen LogP contribution >= 0.6 is 39.7 Å². The van der Waals surface area contributed by atoms with Crippen molar-refractivity contribution >= 4 is 74.0 Å². The number of halogens is 2. The van der Waals surface area contributed by atoms with Crippen molar-refractivity contribution in [3.8, 4) is 11.3 Å². The summed E-state index contributed by atoms with van der Waals surface area (Å²) in [5.74, 6) is -0.746. The zero-order chi connectivity index (χ0) is 25.4. The molecule has 1 aliphatic rings. The monoisotopic (exact) mass is 579 g/mol. The fourth-order valence-corrected chi connectivity index (χ4v) is 4.40. The smallest absolute Gasteiger partial charge is 0.293 e. The van der Waals surface area contributed by atoms with Gasteiger partial charge in [-0.15, -0.1) is 0 Å². The molecule has 178 valence electrons. The second kappa shape index (κ2) is 9.69. The average Bonchev–Trinajstić information content (AvgIpc) is 3.45. The fourth-order valence-electron chi connectivity index (χ4n) is 3.72. The van der Waals surface area contributed by atoms with Crippen LogP contribution in [0.2, 0.25) is 5.02 Å². The van der Waals surface area contributed by atoms with Crippen molar-refractivity contribution in [2.45, 2.75) is 0 Å². The van der Waals surface area contributed by atoms with Gasteiger partial charge in [-0.25, -0.2) is 4.90 Å². The first-order chi connectivity index (χ1) is 17.3. The minimum absolute atomic E-state index is 0.00280. The van der Waals surface area contributed by atoms with Crippen LogP contribution < -0.4 is 15.5 Å². The molecule has 0 atom stereocenters. The molecule has 2 N–H and O–H groups in total. The van der Waals surface area contributed by atoms with Gasteiger partial charge in [0.2, 0.25) is 0 Å². The summed E-state index contributed by atoms with van der Waals surface area (Å²) in [5, 5.41) is 5.59. The number of carbonyl (C=O) groups is 3. The molecule has 1 aromatic heterocycles. The molecule has 4 aromatic rings. The number of nitrogens with one attached hydrogen (secondary N) is 2. The van der Waals surface area contributed by atoms with E-state index in [1.807, 2.05) is 24.3 Å². The number of carbonyl (C=O) groups excluding carboxylic acids is 3. The Morgan fingerprint density at radius 1 is 0.917 bits per heavy atom. The summed E-state index contributed by atoms with van der Waals surface area (Å²) in [4.78, 5) is 39.1. The first kappa shape index (κ1) is 23.9. The number of nitrogens with zero attached hydrogens (tertiary/aromatic N) is 1. The fraction of sp³-hybridized carbons (Fsp3) is 0. The summed E-state index contributed by atoms with van der Waals surface area (Å²) >= 11 is 15.0. The van der Waals surface area contributed by atoms with Gasteiger partial charge >= 0.3 is 0 Å². The lowest BCUT2D eigenvalue weighted by molar-refractivity contribution is 0.0922. The van der Waals surface area contributed by atoms with Gasteiger partial charge in [0.15, 0.2) is 10.9 Å². The summed E-state index contributed by atoms with van der Waals surface area (Å²) in [6.07, 6.45) is 0. The van der Waals surface area contributed by atoms with Gasteiger partial charge in [-0.3, -0.25) is 19.7 Å². The average molecular weight is 581 g/mol. The highest BCUT2D eigenvalue weighted by Gasteiger charge is 2.36. The number of benzene rings is 3. The Morgan fingerprint density at radius 3 is 2.22 bits per heavy atom. The molecule has 10 heteroatoms. The molecule has 7 nitrogen and oxygen atoms in total. The molecule has 0 spiro atoms. The molecule has 0 aliphatic carbocycles. The second-order valence-electron chi connectivity index (χ2n) is 7.73. The minimum Gasteiger partial charge on any atom is -0.451 e. The van der Waals surface area contributed by atoms with E-state index in [0.29, 0.717) is 28.3 Å². The Balaban J connectivity index is 1.25. The van der Waals surface area contributed by atoms with Crippen LogP contribution in [0, 0.1) is 0 Å². The number of hydrogen-bond acceptors (Lipinski definition) is 5. The zero-order valence-corrected chi connectivity index (χ0v) is 21.4. The van der Waals surface area contributed by atoms with Crippen LogP contribution in [-0.2, 0) is 0 Å². The quantitative estimate of drug-likeness (QED) is 0.218. The predicted molar refractivity (Wildman–Crippen MR) is 145 cm³/mol. The Morgan fingerprint density at radius 2 is 1.58 bits per heavy atom. The van der Waals surface area contributed by atoms with Gasteiger partial charge < -0.3 is 9.73 Å². The summed E-state index contributed by atoms with van der Waals surface area (Å²) < 4.78 is 6.59. The lowest BCUT2D eigenvalue weighted by atomic mass is 10.1. The van der Waals surface area contributed by atoms with Crippen LogP contribution in [-0.4, -0.2) is 22.8 Å². The number of thiocarbonyl (C=S) groups is 1. The van der Waals surface area contributed by atoms with Crippen molar-refractivity contribution in [1.29, 1.82) is 0 Å². The van der Waals surface area contributed by atoms with Crippen molar-refractivity contribution in [2.24, 2.45) is 0 Å². The number of fused-ring (bicyclic) bond motifs is 1. The maximum Gasteiger partial charge on any atom is 0.293 e. The SMILES string of the molecule is O=C(NC(=S)Nc1ccc(N2C(=O)c3ccccc3C2=O)cc1Cl)c1ccc(-c2ccc(Br)cc2)o1. The number of hydrogen-bond donors (Lipinski definition) is 2. The highest BCUT2D eigenvalue weighted by molar-refractivity contribution is 9.10. The summed E-state index contributed by atoms with van der Waals surface area (Å²) in [5.41, 5.74) is 2.21. The van der Waals surface area contributed by atoms with Crippen LogP contribution in [0.25, 0.3) is 11.3 Å². The Labute approximate surface area is 224 Å². The summed E-state index contributed by atoms with van der Waals surface area (Å²) in [7, 11) is 0.